The summed E-state index contributed by atoms with van der Waals surface area (Å²) in [5.41, 5.74) is 3.01. The number of rotatable bonds is 9. The minimum Gasteiger partial charge on any atom is -0.369 e. The highest BCUT2D eigenvalue weighted by atomic mass is 35.5. The van der Waals surface area contributed by atoms with Crippen molar-refractivity contribution < 1.29 is 22.6 Å². The van der Waals surface area contributed by atoms with Crippen LogP contribution in [0.3, 0.4) is 0 Å². The smallest absolute Gasteiger partial charge is 0.243 e. The molecule has 234 valence electrons. The molecule has 1 aromatic heterocycles. The van der Waals surface area contributed by atoms with Crippen LogP contribution >= 0.6 is 23.2 Å². The average Bonchev–Trinajstić information content (AvgIpc) is 3.57. The van der Waals surface area contributed by atoms with Crippen LogP contribution in [-0.2, 0) is 43.2 Å². The van der Waals surface area contributed by atoms with E-state index in [0.717, 1.165) is 11.3 Å². The van der Waals surface area contributed by atoms with E-state index < -0.39 is 15.8 Å². The normalized spacial score (nSPS) is 21.0. The number of nitrogens with zero attached hydrogens (tertiary/aromatic N) is 5. The standard InChI is InChI=1S/C32H31Cl2N5O5S/c33-26-6-9-30(31(34)17-26)32(22-37-11-10-36-23-37)43-20-28(21-44-32)42-19-24-4-7-27(8-5-24)38-12-14-39(15-13-38)45(40,41)29-3-1-2-25(16-29)18-35/h1-11,16-17,23,28H,12-15,19-22H2/t28-,32-. The third kappa shape index (κ3) is 7.03. The molecule has 3 heterocycles. The fourth-order valence-corrected chi connectivity index (χ4v) is 7.49. The van der Waals surface area contributed by atoms with E-state index in [-0.39, 0.29) is 11.0 Å². The summed E-state index contributed by atoms with van der Waals surface area (Å²) in [4.78, 5) is 6.43. The van der Waals surface area contributed by atoms with Crippen LogP contribution in [0.5, 0.6) is 0 Å². The van der Waals surface area contributed by atoms with Gasteiger partial charge < -0.3 is 23.7 Å². The molecule has 4 aromatic rings. The molecule has 0 N–H and O–H groups in total. The molecule has 2 fully saturated rings. The molecule has 10 nitrogen and oxygen atoms in total. The molecule has 0 spiro atoms. The van der Waals surface area contributed by atoms with Gasteiger partial charge in [0.15, 0.2) is 0 Å². The van der Waals surface area contributed by atoms with Crippen molar-refractivity contribution in [2.75, 3.05) is 44.3 Å². The van der Waals surface area contributed by atoms with Gasteiger partial charge in [0.05, 0.1) is 54.2 Å². The second kappa shape index (κ2) is 13.5. The number of hydrogen-bond donors (Lipinski definition) is 0. The maximum absolute atomic E-state index is 13.1. The van der Waals surface area contributed by atoms with Crippen LogP contribution in [0.4, 0.5) is 5.69 Å². The van der Waals surface area contributed by atoms with Gasteiger partial charge in [0.2, 0.25) is 15.8 Å². The first-order chi connectivity index (χ1) is 21.8. The zero-order valence-electron chi connectivity index (χ0n) is 24.3. The van der Waals surface area contributed by atoms with Gasteiger partial charge >= 0.3 is 0 Å². The van der Waals surface area contributed by atoms with Crippen LogP contribution in [-0.4, -0.2) is 67.8 Å². The Morgan fingerprint density at radius 3 is 2.42 bits per heavy atom. The average molecular weight is 669 g/mol. The number of benzene rings is 3. The van der Waals surface area contributed by atoms with E-state index in [9.17, 15) is 8.42 Å². The zero-order chi connectivity index (χ0) is 31.4. The van der Waals surface area contributed by atoms with Crippen molar-refractivity contribution >= 4 is 38.9 Å². The van der Waals surface area contributed by atoms with Gasteiger partial charge in [-0.3, -0.25) is 0 Å². The lowest BCUT2D eigenvalue weighted by Crippen LogP contribution is -2.48. The number of aromatic nitrogens is 2. The van der Waals surface area contributed by atoms with Crippen LogP contribution < -0.4 is 4.90 Å². The van der Waals surface area contributed by atoms with Crippen LogP contribution in [0.1, 0.15) is 16.7 Å². The largest absolute Gasteiger partial charge is 0.369 e. The van der Waals surface area contributed by atoms with Gasteiger partial charge in [-0.2, -0.15) is 9.57 Å². The van der Waals surface area contributed by atoms with Gasteiger partial charge in [0.1, 0.15) is 6.10 Å². The number of anilines is 1. The van der Waals surface area contributed by atoms with Gasteiger partial charge in [-0.05, 0) is 48.0 Å². The van der Waals surface area contributed by atoms with Crippen molar-refractivity contribution in [1.82, 2.24) is 13.9 Å². The quantitative estimate of drug-likeness (QED) is 0.244. The summed E-state index contributed by atoms with van der Waals surface area (Å²) in [6, 6.07) is 21.4. The second-order valence-electron chi connectivity index (χ2n) is 10.9. The molecule has 0 radical (unpaired) electrons. The van der Waals surface area contributed by atoms with Gasteiger partial charge in [-0.1, -0.05) is 47.5 Å². The molecule has 6 rings (SSSR count). The SMILES string of the molecule is N#Cc1cccc(S(=O)(=O)N2CCN(c3ccc(CO[C@H]4CO[C@](Cn5ccnc5)(c5ccc(Cl)cc5Cl)OC4)cc3)CC2)c1. The Balaban J connectivity index is 1.02. The van der Waals surface area contributed by atoms with E-state index in [1.165, 1.54) is 16.4 Å². The van der Waals surface area contributed by atoms with Crippen molar-refractivity contribution in [2.24, 2.45) is 0 Å². The van der Waals surface area contributed by atoms with E-state index in [0.29, 0.717) is 73.7 Å². The molecule has 2 saturated heterocycles. The first kappa shape index (κ1) is 31.5. The lowest BCUT2D eigenvalue weighted by Gasteiger charge is -2.41. The molecule has 3 aromatic carbocycles. The van der Waals surface area contributed by atoms with Crippen molar-refractivity contribution in [1.29, 1.82) is 5.26 Å². The Bertz CT molecular complexity index is 1760. The molecule has 0 unspecified atom stereocenters. The first-order valence-corrected chi connectivity index (χ1v) is 16.6. The minimum atomic E-state index is -3.66. The molecule has 0 saturated carbocycles. The molecule has 2 aliphatic heterocycles. The molecule has 0 amide bonds. The number of hydrogen-bond acceptors (Lipinski definition) is 8. The molecule has 45 heavy (non-hydrogen) atoms. The monoisotopic (exact) mass is 667 g/mol. The van der Waals surface area contributed by atoms with Crippen molar-refractivity contribution in [3.05, 3.63) is 112 Å². The maximum atomic E-state index is 13.1. The Hall–Kier alpha value is -3.47. The Morgan fingerprint density at radius 2 is 1.76 bits per heavy atom. The van der Waals surface area contributed by atoms with Crippen molar-refractivity contribution in [3.63, 3.8) is 0 Å². The van der Waals surface area contributed by atoms with Crippen molar-refractivity contribution in [3.8, 4) is 6.07 Å². The summed E-state index contributed by atoms with van der Waals surface area (Å²) in [7, 11) is -3.66. The second-order valence-corrected chi connectivity index (χ2v) is 13.6. The summed E-state index contributed by atoms with van der Waals surface area (Å²) in [5.74, 6) is -1.12. The highest BCUT2D eigenvalue weighted by Gasteiger charge is 2.42. The zero-order valence-corrected chi connectivity index (χ0v) is 26.6. The van der Waals surface area contributed by atoms with Gasteiger partial charge in [0.25, 0.3) is 0 Å². The third-order valence-corrected chi connectivity index (χ3v) is 10.4. The molecule has 2 aliphatic rings. The summed E-state index contributed by atoms with van der Waals surface area (Å²) in [6.07, 6.45) is 4.95. The van der Waals surface area contributed by atoms with E-state index >= 15 is 0 Å². The van der Waals surface area contributed by atoms with Crippen molar-refractivity contribution in [2.45, 2.75) is 29.9 Å². The summed E-state index contributed by atoms with van der Waals surface area (Å²) >= 11 is 12.7. The maximum Gasteiger partial charge on any atom is 0.243 e. The third-order valence-electron chi connectivity index (χ3n) is 7.92. The minimum absolute atomic E-state index is 0.144. The number of nitriles is 1. The van der Waals surface area contributed by atoms with Crippen LogP contribution in [0, 0.1) is 11.3 Å². The fourth-order valence-electron chi connectivity index (χ4n) is 5.47. The number of sulfonamides is 1. The lowest BCUT2D eigenvalue weighted by molar-refractivity contribution is -0.313. The van der Waals surface area contributed by atoms with Crippen LogP contribution in [0.2, 0.25) is 10.0 Å². The van der Waals surface area contributed by atoms with Crippen LogP contribution in [0.25, 0.3) is 0 Å². The Labute approximate surface area is 272 Å². The van der Waals surface area contributed by atoms with E-state index in [4.69, 9.17) is 42.7 Å². The summed E-state index contributed by atoms with van der Waals surface area (Å²) in [5, 5.41) is 10.1. The van der Waals surface area contributed by atoms with Gasteiger partial charge in [0, 0.05) is 54.8 Å². The number of ether oxygens (including phenoxy) is 3. The summed E-state index contributed by atoms with van der Waals surface area (Å²) in [6.45, 7) is 3.17. The van der Waals surface area contributed by atoms with E-state index in [2.05, 4.69) is 9.88 Å². The highest BCUT2D eigenvalue weighted by Crippen LogP contribution is 2.38. The molecular weight excluding hydrogens is 637 g/mol. The number of halogens is 2. The molecule has 0 bridgehead atoms. The first-order valence-electron chi connectivity index (χ1n) is 14.4. The van der Waals surface area contributed by atoms with Gasteiger partial charge in [-0.15, -0.1) is 0 Å². The predicted molar refractivity (Wildman–Crippen MR) is 169 cm³/mol. The number of imidazole rings is 1. The van der Waals surface area contributed by atoms with Crippen LogP contribution in [0.15, 0.2) is 90.3 Å². The molecular formula is C32H31Cl2N5O5S. The highest BCUT2D eigenvalue weighted by molar-refractivity contribution is 7.89. The van der Waals surface area contributed by atoms with E-state index in [1.807, 2.05) is 47.2 Å². The lowest BCUT2D eigenvalue weighted by atomic mass is 10.0. The topological polar surface area (TPSA) is 110 Å². The predicted octanol–water partition coefficient (Wildman–Crippen LogP) is 5.06. The Morgan fingerprint density at radius 1 is 1.00 bits per heavy atom. The number of piperazine rings is 1. The molecule has 0 aliphatic carbocycles. The molecule has 0 atom stereocenters. The Kier molecular flexibility index (Phi) is 9.44. The fraction of sp³-hybridized carbons (Fsp3) is 0.312. The molecule has 13 heteroatoms. The van der Waals surface area contributed by atoms with Gasteiger partial charge in [-0.25, -0.2) is 13.4 Å². The summed E-state index contributed by atoms with van der Waals surface area (Å²) < 4.78 is 48.4. The van der Waals surface area contributed by atoms with E-state index in [1.54, 1.807) is 36.8 Å².